The van der Waals surface area contributed by atoms with Gasteiger partial charge in [0, 0.05) is 25.2 Å². The fraction of sp³-hybridized carbons (Fsp3) is 0.583. The maximum absolute atomic E-state index is 11.8. The summed E-state index contributed by atoms with van der Waals surface area (Å²) >= 11 is 0. The van der Waals surface area contributed by atoms with Crippen LogP contribution >= 0.6 is 0 Å². The summed E-state index contributed by atoms with van der Waals surface area (Å²) in [4.78, 5) is 22.8. The first kappa shape index (κ1) is 11.4. The Labute approximate surface area is 105 Å². The van der Waals surface area contributed by atoms with Gasteiger partial charge in [0.05, 0.1) is 13.2 Å². The van der Waals surface area contributed by atoms with Crippen molar-refractivity contribution in [3.63, 3.8) is 0 Å². The number of hydrogen-bond acceptors (Lipinski definition) is 5. The lowest BCUT2D eigenvalue weighted by atomic mass is 10.1. The number of nitrogens with one attached hydrogen (secondary N) is 1. The molecule has 6 heteroatoms. The molecule has 0 aromatic carbocycles. The Kier molecular flexibility index (Phi) is 2.87. The van der Waals surface area contributed by atoms with Crippen molar-refractivity contribution in [3.05, 3.63) is 17.1 Å². The molecule has 2 aliphatic rings. The van der Waals surface area contributed by atoms with E-state index in [0.717, 1.165) is 30.9 Å². The van der Waals surface area contributed by atoms with Crippen LogP contribution in [0.1, 0.15) is 21.9 Å². The standard InChI is InChI=1S/C12H16N4O2/c1-8-14-10-9(2-3-13-12(10)17)11(15-8)16-4-6-18-7-5-16/h2-7H2,1H3,(H,13,17). The van der Waals surface area contributed by atoms with E-state index in [1.54, 1.807) is 0 Å². The number of nitrogens with zero attached hydrogens (tertiary/aromatic N) is 3. The van der Waals surface area contributed by atoms with Gasteiger partial charge in [0.2, 0.25) is 0 Å². The zero-order valence-electron chi connectivity index (χ0n) is 10.4. The highest BCUT2D eigenvalue weighted by Gasteiger charge is 2.26. The van der Waals surface area contributed by atoms with Crippen LogP contribution in [0.3, 0.4) is 0 Å². The van der Waals surface area contributed by atoms with Crippen molar-refractivity contribution < 1.29 is 9.53 Å². The third kappa shape index (κ3) is 1.92. The maximum atomic E-state index is 11.8. The first-order valence-corrected chi connectivity index (χ1v) is 6.24. The Morgan fingerprint density at radius 2 is 2.06 bits per heavy atom. The Hall–Kier alpha value is -1.69. The summed E-state index contributed by atoms with van der Waals surface area (Å²) in [5, 5.41) is 2.82. The van der Waals surface area contributed by atoms with Gasteiger partial charge in [-0.3, -0.25) is 4.79 Å². The van der Waals surface area contributed by atoms with Gasteiger partial charge in [0.1, 0.15) is 17.3 Å². The number of morpholine rings is 1. The molecule has 6 nitrogen and oxygen atoms in total. The van der Waals surface area contributed by atoms with Crippen LogP contribution in [0.4, 0.5) is 5.82 Å². The molecule has 0 unspecified atom stereocenters. The maximum Gasteiger partial charge on any atom is 0.270 e. The minimum atomic E-state index is -0.0868. The second-order valence-corrected chi connectivity index (χ2v) is 4.53. The van der Waals surface area contributed by atoms with E-state index < -0.39 is 0 Å². The average Bonchev–Trinajstić information content (AvgIpc) is 2.40. The van der Waals surface area contributed by atoms with Crippen LogP contribution in [-0.2, 0) is 11.2 Å². The van der Waals surface area contributed by atoms with E-state index in [-0.39, 0.29) is 5.91 Å². The summed E-state index contributed by atoms with van der Waals surface area (Å²) in [6.45, 7) is 5.56. The Balaban J connectivity index is 2.05. The molecule has 2 aliphatic heterocycles. The number of fused-ring (bicyclic) bond motifs is 1. The number of carbonyl (C=O) groups excluding carboxylic acids is 1. The monoisotopic (exact) mass is 248 g/mol. The van der Waals surface area contributed by atoms with Crippen LogP contribution in [0.15, 0.2) is 0 Å². The fourth-order valence-corrected chi connectivity index (χ4v) is 2.42. The van der Waals surface area contributed by atoms with Crippen LogP contribution < -0.4 is 10.2 Å². The molecule has 1 fully saturated rings. The molecule has 0 saturated carbocycles. The predicted molar refractivity (Wildman–Crippen MR) is 65.8 cm³/mol. The Morgan fingerprint density at radius 3 is 2.83 bits per heavy atom. The van der Waals surface area contributed by atoms with E-state index in [0.29, 0.717) is 31.3 Å². The van der Waals surface area contributed by atoms with Gasteiger partial charge in [0.25, 0.3) is 5.91 Å². The number of hydrogen-bond donors (Lipinski definition) is 1. The number of anilines is 1. The molecule has 0 aliphatic carbocycles. The summed E-state index contributed by atoms with van der Waals surface area (Å²) in [5.74, 6) is 1.47. The van der Waals surface area contributed by atoms with E-state index >= 15 is 0 Å². The van der Waals surface area contributed by atoms with Gasteiger partial charge < -0.3 is 15.0 Å². The van der Waals surface area contributed by atoms with Crippen molar-refractivity contribution in [1.82, 2.24) is 15.3 Å². The van der Waals surface area contributed by atoms with Crippen molar-refractivity contribution in [2.75, 3.05) is 37.7 Å². The van der Waals surface area contributed by atoms with E-state index in [1.807, 2.05) is 6.92 Å². The van der Waals surface area contributed by atoms with Crippen LogP contribution in [0.2, 0.25) is 0 Å². The molecule has 0 radical (unpaired) electrons. The van der Waals surface area contributed by atoms with Gasteiger partial charge in [-0.15, -0.1) is 0 Å². The summed E-state index contributed by atoms with van der Waals surface area (Å²) in [5.41, 5.74) is 1.52. The number of aromatic nitrogens is 2. The fourth-order valence-electron chi connectivity index (χ4n) is 2.42. The predicted octanol–water partition coefficient (Wildman–Crippen LogP) is -0.0925. The molecule has 0 bridgehead atoms. The molecule has 0 atom stereocenters. The number of aryl methyl sites for hydroxylation is 1. The van der Waals surface area contributed by atoms with Gasteiger partial charge >= 0.3 is 0 Å². The van der Waals surface area contributed by atoms with E-state index in [9.17, 15) is 4.79 Å². The van der Waals surface area contributed by atoms with Crippen LogP contribution in [0.5, 0.6) is 0 Å². The molecule has 1 amide bonds. The van der Waals surface area contributed by atoms with Crippen LogP contribution in [0, 0.1) is 6.92 Å². The number of carbonyl (C=O) groups is 1. The summed E-state index contributed by atoms with van der Waals surface area (Å²) < 4.78 is 5.35. The van der Waals surface area contributed by atoms with Crippen molar-refractivity contribution in [2.24, 2.45) is 0 Å². The summed E-state index contributed by atoms with van der Waals surface area (Å²) in [6, 6.07) is 0. The second kappa shape index (κ2) is 4.53. The molecular formula is C12H16N4O2. The Morgan fingerprint density at radius 1 is 1.28 bits per heavy atom. The molecule has 3 rings (SSSR count). The van der Waals surface area contributed by atoms with Gasteiger partial charge in [-0.2, -0.15) is 0 Å². The van der Waals surface area contributed by atoms with Gasteiger partial charge in [-0.25, -0.2) is 9.97 Å². The van der Waals surface area contributed by atoms with Crippen molar-refractivity contribution >= 4 is 11.7 Å². The highest BCUT2D eigenvalue weighted by molar-refractivity contribution is 5.96. The van der Waals surface area contributed by atoms with Crippen molar-refractivity contribution in [1.29, 1.82) is 0 Å². The zero-order valence-corrected chi connectivity index (χ0v) is 10.4. The summed E-state index contributed by atoms with van der Waals surface area (Å²) in [6.07, 6.45) is 0.800. The number of amides is 1. The molecule has 18 heavy (non-hydrogen) atoms. The van der Waals surface area contributed by atoms with Gasteiger partial charge in [-0.05, 0) is 13.3 Å². The third-order valence-electron chi connectivity index (χ3n) is 3.28. The lowest BCUT2D eigenvalue weighted by molar-refractivity contribution is 0.0939. The first-order valence-electron chi connectivity index (χ1n) is 6.24. The largest absolute Gasteiger partial charge is 0.378 e. The second-order valence-electron chi connectivity index (χ2n) is 4.53. The molecule has 1 saturated heterocycles. The zero-order chi connectivity index (χ0) is 12.5. The SMILES string of the molecule is Cc1nc2c(c(N3CCOCC3)n1)CCNC2=O. The molecule has 1 N–H and O–H groups in total. The minimum Gasteiger partial charge on any atom is -0.378 e. The average molecular weight is 248 g/mol. The van der Waals surface area contributed by atoms with E-state index in [2.05, 4.69) is 20.2 Å². The van der Waals surface area contributed by atoms with Crippen molar-refractivity contribution in [2.45, 2.75) is 13.3 Å². The number of ether oxygens (including phenoxy) is 1. The first-order chi connectivity index (χ1) is 8.75. The molecule has 0 spiro atoms. The normalized spacial score (nSPS) is 19.4. The summed E-state index contributed by atoms with van der Waals surface area (Å²) in [7, 11) is 0. The lowest BCUT2D eigenvalue weighted by Crippen LogP contribution is -2.40. The molecular weight excluding hydrogens is 232 g/mol. The molecule has 96 valence electrons. The van der Waals surface area contributed by atoms with Gasteiger partial charge in [-0.1, -0.05) is 0 Å². The van der Waals surface area contributed by atoms with E-state index in [4.69, 9.17) is 4.74 Å². The van der Waals surface area contributed by atoms with Crippen LogP contribution in [0.25, 0.3) is 0 Å². The topological polar surface area (TPSA) is 67.3 Å². The molecule has 1 aromatic rings. The quantitative estimate of drug-likeness (QED) is 0.752. The van der Waals surface area contributed by atoms with Gasteiger partial charge in [0.15, 0.2) is 0 Å². The smallest absolute Gasteiger partial charge is 0.270 e. The third-order valence-corrected chi connectivity index (χ3v) is 3.28. The minimum absolute atomic E-state index is 0.0868. The number of rotatable bonds is 1. The van der Waals surface area contributed by atoms with E-state index in [1.165, 1.54) is 0 Å². The van der Waals surface area contributed by atoms with Crippen LogP contribution in [-0.4, -0.2) is 48.7 Å². The Bertz CT molecular complexity index is 483. The lowest BCUT2D eigenvalue weighted by Gasteiger charge is -2.31. The molecule has 3 heterocycles. The highest BCUT2D eigenvalue weighted by atomic mass is 16.5. The molecule has 1 aromatic heterocycles. The highest BCUT2D eigenvalue weighted by Crippen LogP contribution is 2.24. The van der Waals surface area contributed by atoms with Crippen molar-refractivity contribution in [3.8, 4) is 0 Å².